The fourth-order valence-electron chi connectivity index (χ4n) is 5.44. The molecular formula is C25H21N3O6. The van der Waals surface area contributed by atoms with Crippen molar-refractivity contribution >= 4 is 11.6 Å². The van der Waals surface area contributed by atoms with E-state index in [0.29, 0.717) is 17.7 Å². The summed E-state index contributed by atoms with van der Waals surface area (Å²) in [4.78, 5) is 31.2. The van der Waals surface area contributed by atoms with Crippen molar-refractivity contribution in [2.75, 3.05) is 0 Å². The van der Waals surface area contributed by atoms with Crippen LogP contribution in [0.15, 0.2) is 64.5 Å². The quantitative estimate of drug-likeness (QED) is 0.537. The number of pyridine rings is 1. The Bertz CT molecular complexity index is 1360. The Labute approximate surface area is 193 Å². The predicted octanol–water partition coefficient (Wildman–Crippen LogP) is 2.46. The number of aromatic nitrogens is 2. The number of carbonyl (C=O) groups excluding carboxylic acids is 2. The Kier molecular flexibility index (Phi) is 4.48. The molecule has 0 fully saturated rings. The summed E-state index contributed by atoms with van der Waals surface area (Å²) in [5.74, 6) is -3.30. The SMILES string of the molecule is N[C@@H]1c2onc(OCc3ccccc3)c2C(=O)[C@@]2(O)C(O)=C3C(=O)c4cccnc4C[C@H]3C[C@@H]12. The van der Waals surface area contributed by atoms with Gasteiger partial charge in [0.05, 0.1) is 11.7 Å². The van der Waals surface area contributed by atoms with Gasteiger partial charge < -0.3 is 25.2 Å². The minimum Gasteiger partial charge on any atom is -0.508 e. The first-order valence-electron chi connectivity index (χ1n) is 11.0. The first-order valence-corrected chi connectivity index (χ1v) is 11.0. The lowest BCUT2D eigenvalue weighted by atomic mass is 9.59. The van der Waals surface area contributed by atoms with E-state index in [9.17, 15) is 19.8 Å². The number of ketones is 2. The number of aliphatic hydroxyl groups excluding tert-OH is 1. The van der Waals surface area contributed by atoms with Gasteiger partial charge in [0.25, 0.3) is 5.88 Å². The Morgan fingerprint density at radius 2 is 1.97 bits per heavy atom. The maximum atomic E-state index is 13.6. The summed E-state index contributed by atoms with van der Waals surface area (Å²) in [6.45, 7) is 0.113. The molecule has 0 amide bonds. The third-order valence-corrected chi connectivity index (χ3v) is 7.13. The van der Waals surface area contributed by atoms with Gasteiger partial charge >= 0.3 is 0 Å². The minimum atomic E-state index is -2.38. The average Bonchev–Trinajstić information content (AvgIpc) is 3.28. The van der Waals surface area contributed by atoms with Crippen LogP contribution in [0.5, 0.6) is 5.88 Å². The molecule has 9 nitrogen and oxygen atoms in total. The van der Waals surface area contributed by atoms with Gasteiger partial charge in [0.1, 0.15) is 17.9 Å². The summed E-state index contributed by atoms with van der Waals surface area (Å²) in [6, 6.07) is 11.6. The van der Waals surface area contributed by atoms with Crippen LogP contribution in [-0.2, 0) is 13.0 Å². The van der Waals surface area contributed by atoms with Crippen molar-refractivity contribution in [3.63, 3.8) is 0 Å². The fourth-order valence-corrected chi connectivity index (χ4v) is 5.44. The van der Waals surface area contributed by atoms with Crippen LogP contribution >= 0.6 is 0 Å². The number of carbonyl (C=O) groups is 2. The zero-order chi connectivity index (χ0) is 23.6. The predicted molar refractivity (Wildman–Crippen MR) is 117 cm³/mol. The van der Waals surface area contributed by atoms with E-state index >= 15 is 0 Å². The number of aliphatic hydroxyl groups is 2. The van der Waals surface area contributed by atoms with E-state index in [1.807, 2.05) is 30.3 Å². The van der Waals surface area contributed by atoms with E-state index in [-0.39, 0.29) is 35.8 Å². The van der Waals surface area contributed by atoms with E-state index in [1.54, 1.807) is 18.3 Å². The lowest BCUT2D eigenvalue weighted by Gasteiger charge is -2.46. The maximum absolute atomic E-state index is 13.6. The molecule has 3 aliphatic rings. The molecule has 0 saturated heterocycles. The molecule has 9 heteroatoms. The number of ether oxygens (including phenoxy) is 1. The van der Waals surface area contributed by atoms with Gasteiger partial charge in [0, 0.05) is 23.3 Å². The average molecular weight is 459 g/mol. The molecule has 3 aromatic rings. The fraction of sp³-hybridized carbons (Fsp3) is 0.280. The molecule has 0 radical (unpaired) electrons. The highest BCUT2D eigenvalue weighted by Crippen LogP contribution is 2.53. The minimum absolute atomic E-state index is 0.0338. The monoisotopic (exact) mass is 459 g/mol. The molecule has 2 aromatic heterocycles. The van der Waals surface area contributed by atoms with Crippen molar-refractivity contribution in [3.8, 4) is 5.88 Å². The second-order valence-electron chi connectivity index (χ2n) is 8.95. The molecule has 1 aromatic carbocycles. The van der Waals surface area contributed by atoms with Crippen LogP contribution in [0, 0.1) is 11.8 Å². The van der Waals surface area contributed by atoms with E-state index in [2.05, 4.69) is 10.1 Å². The van der Waals surface area contributed by atoms with E-state index in [4.69, 9.17) is 15.0 Å². The molecule has 172 valence electrons. The molecule has 6 rings (SSSR count). The number of Topliss-reactive ketones (excluding diaryl/α,β-unsaturated/α-hetero) is 2. The van der Waals surface area contributed by atoms with Crippen LogP contribution in [-0.4, -0.2) is 37.5 Å². The summed E-state index contributed by atoms with van der Waals surface area (Å²) in [5, 5.41) is 26.8. The van der Waals surface area contributed by atoms with E-state index in [1.165, 1.54) is 0 Å². The third-order valence-electron chi connectivity index (χ3n) is 7.13. The number of allylic oxidation sites excluding steroid dienone is 1. The Morgan fingerprint density at radius 3 is 2.76 bits per heavy atom. The number of hydrogen-bond acceptors (Lipinski definition) is 9. The van der Waals surface area contributed by atoms with Crippen molar-refractivity contribution in [3.05, 3.63) is 88.1 Å². The van der Waals surface area contributed by atoms with Gasteiger partial charge in [-0.15, -0.1) is 0 Å². The second kappa shape index (κ2) is 7.34. The first-order chi connectivity index (χ1) is 16.4. The second-order valence-corrected chi connectivity index (χ2v) is 8.95. The highest BCUT2D eigenvalue weighted by Gasteiger charge is 2.62. The first kappa shape index (κ1) is 20.8. The topological polar surface area (TPSA) is 149 Å². The van der Waals surface area contributed by atoms with Gasteiger partial charge in [-0.1, -0.05) is 30.3 Å². The molecule has 4 atom stereocenters. The van der Waals surface area contributed by atoms with E-state index < -0.39 is 40.8 Å². The van der Waals surface area contributed by atoms with Crippen LogP contribution in [0.4, 0.5) is 0 Å². The zero-order valence-corrected chi connectivity index (χ0v) is 18.0. The molecule has 3 aliphatic carbocycles. The lowest BCUT2D eigenvalue weighted by Crippen LogP contribution is -2.58. The molecular weight excluding hydrogens is 438 g/mol. The number of nitrogens with zero attached hydrogens (tertiary/aromatic N) is 2. The van der Waals surface area contributed by atoms with Crippen molar-refractivity contribution < 1.29 is 29.1 Å². The van der Waals surface area contributed by atoms with Gasteiger partial charge in [0.15, 0.2) is 17.1 Å². The number of hydrogen-bond donors (Lipinski definition) is 3. The molecule has 34 heavy (non-hydrogen) atoms. The van der Waals surface area contributed by atoms with Crippen molar-refractivity contribution in [2.24, 2.45) is 17.6 Å². The molecule has 0 aliphatic heterocycles. The maximum Gasteiger partial charge on any atom is 0.265 e. The molecule has 0 unspecified atom stereocenters. The number of fused-ring (bicyclic) bond motifs is 4. The van der Waals surface area contributed by atoms with Gasteiger partial charge in [0.2, 0.25) is 5.78 Å². The van der Waals surface area contributed by atoms with Crippen LogP contribution < -0.4 is 10.5 Å². The van der Waals surface area contributed by atoms with Crippen LogP contribution in [0.1, 0.15) is 50.2 Å². The Balaban J connectivity index is 1.42. The van der Waals surface area contributed by atoms with Crippen LogP contribution in [0.3, 0.4) is 0 Å². The highest BCUT2D eigenvalue weighted by molar-refractivity contribution is 6.14. The molecule has 4 N–H and O–H groups in total. The molecule has 2 heterocycles. The summed E-state index contributed by atoms with van der Waals surface area (Å²) in [6.07, 6.45) is 2.20. The van der Waals surface area contributed by atoms with Crippen LogP contribution in [0.25, 0.3) is 0 Å². The van der Waals surface area contributed by atoms with Gasteiger partial charge in [-0.25, -0.2) is 0 Å². The van der Waals surface area contributed by atoms with Crippen molar-refractivity contribution in [1.82, 2.24) is 10.1 Å². The molecule has 0 saturated carbocycles. The standard InChI is InChI=1S/C25H21N3O6/c26-19-15-9-13-10-16-14(7-4-8-27-16)20(29)17(13)22(30)25(15,32)23(31)18-21(19)34-28-24(18)33-11-12-5-2-1-3-6-12/h1-8,13,15,19,30,32H,9-11,26H2/t13-,15+,19+,25+/m1/s1. The Hall–Kier alpha value is -3.82. The van der Waals surface area contributed by atoms with Gasteiger partial charge in [-0.05, 0) is 41.6 Å². The van der Waals surface area contributed by atoms with Crippen molar-refractivity contribution in [1.29, 1.82) is 0 Å². The summed E-state index contributed by atoms with van der Waals surface area (Å²) in [5.41, 5.74) is 5.80. The third kappa shape index (κ3) is 2.74. The largest absolute Gasteiger partial charge is 0.508 e. The Morgan fingerprint density at radius 1 is 1.18 bits per heavy atom. The number of rotatable bonds is 3. The van der Waals surface area contributed by atoms with Gasteiger partial charge in [-0.2, -0.15) is 0 Å². The molecule has 0 bridgehead atoms. The smallest absolute Gasteiger partial charge is 0.265 e. The van der Waals surface area contributed by atoms with Crippen molar-refractivity contribution in [2.45, 2.75) is 31.1 Å². The summed E-state index contributed by atoms with van der Waals surface area (Å²) in [7, 11) is 0. The highest BCUT2D eigenvalue weighted by atomic mass is 16.5. The lowest BCUT2D eigenvalue weighted by molar-refractivity contribution is -0.0356. The normalized spacial score (nSPS) is 27.5. The number of nitrogens with two attached hydrogens (primary N) is 1. The number of benzene rings is 1. The van der Waals surface area contributed by atoms with Crippen LogP contribution in [0.2, 0.25) is 0 Å². The zero-order valence-electron chi connectivity index (χ0n) is 18.0. The molecule has 0 spiro atoms. The van der Waals surface area contributed by atoms with Gasteiger partial charge in [-0.3, -0.25) is 14.6 Å². The summed E-state index contributed by atoms with van der Waals surface area (Å²) >= 11 is 0. The van der Waals surface area contributed by atoms with E-state index in [0.717, 1.165) is 5.56 Å². The summed E-state index contributed by atoms with van der Waals surface area (Å²) < 4.78 is 11.1.